The first-order chi connectivity index (χ1) is 6.64. The SMILES string of the molecule is C=CCC1(C(=O)O)CCCC(CC)C1. The summed E-state index contributed by atoms with van der Waals surface area (Å²) in [5.41, 5.74) is -0.499. The minimum Gasteiger partial charge on any atom is -0.481 e. The van der Waals surface area contributed by atoms with Crippen molar-refractivity contribution >= 4 is 5.97 Å². The summed E-state index contributed by atoms with van der Waals surface area (Å²) in [6, 6.07) is 0. The number of allylic oxidation sites excluding steroid dienone is 1. The molecule has 1 N–H and O–H groups in total. The molecular formula is C12H20O2. The van der Waals surface area contributed by atoms with Gasteiger partial charge in [0.1, 0.15) is 0 Å². The van der Waals surface area contributed by atoms with E-state index in [9.17, 15) is 9.90 Å². The van der Waals surface area contributed by atoms with Crippen LogP contribution in [-0.2, 0) is 4.79 Å². The Morgan fingerprint density at radius 1 is 1.71 bits per heavy atom. The van der Waals surface area contributed by atoms with Gasteiger partial charge in [0.25, 0.3) is 0 Å². The molecule has 2 heteroatoms. The van der Waals surface area contributed by atoms with Crippen molar-refractivity contribution in [1.29, 1.82) is 0 Å². The molecule has 80 valence electrons. The number of aliphatic carboxylic acids is 1. The smallest absolute Gasteiger partial charge is 0.309 e. The molecule has 1 fully saturated rings. The maximum Gasteiger partial charge on any atom is 0.309 e. The molecule has 0 heterocycles. The molecule has 0 aromatic rings. The fraction of sp³-hybridized carbons (Fsp3) is 0.750. The zero-order valence-corrected chi connectivity index (χ0v) is 8.96. The Morgan fingerprint density at radius 2 is 2.43 bits per heavy atom. The largest absolute Gasteiger partial charge is 0.481 e. The number of carbonyl (C=O) groups is 1. The first-order valence-corrected chi connectivity index (χ1v) is 5.49. The summed E-state index contributed by atoms with van der Waals surface area (Å²) in [4.78, 5) is 11.3. The summed E-state index contributed by atoms with van der Waals surface area (Å²) in [5, 5.41) is 9.29. The molecule has 0 amide bonds. The average molecular weight is 196 g/mol. The normalized spacial score (nSPS) is 32.5. The van der Waals surface area contributed by atoms with Crippen LogP contribution in [0, 0.1) is 11.3 Å². The Bertz CT molecular complexity index is 222. The van der Waals surface area contributed by atoms with Gasteiger partial charge in [0, 0.05) is 0 Å². The van der Waals surface area contributed by atoms with Gasteiger partial charge in [-0.2, -0.15) is 0 Å². The zero-order chi connectivity index (χ0) is 10.6. The average Bonchev–Trinajstić information content (AvgIpc) is 2.18. The van der Waals surface area contributed by atoms with E-state index in [0.29, 0.717) is 12.3 Å². The summed E-state index contributed by atoms with van der Waals surface area (Å²) in [5.74, 6) is -0.0321. The molecular weight excluding hydrogens is 176 g/mol. The Kier molecular flexibility index (Phi) is 3.73. The van der Waals surface area contributed by atoms with Gasteiger partial charge >= 0.3 is 5.97 Å². The van der Waals surface area contributed by atoms with Gasteiger partial charge in [-0.1, -0.05) is 32.3 Å². The van der Waals surface area contributed by atoms with Crippen LogP contribution in [0.1, 0.15) is 45.4 Å². The minimum absolute atomic E-state index is 0.499. The predicted octanol–water partition coefficient (Wildman–Crippen LogP) is 3.23. The van der Waals surface area contributed by atoms with Crippen LogP contribution in [0.3, 0.4) is 0 Å². The van der Waals surface area contributed by atoms with E-state index >= 15 is 0 Å². The topological polar surface area (TPSA) is 37.3 Å². The van der Waals surface area contributed by atoms with Crippen molar-refractivity contribution in [1.82, 2.24) is 0 Å². The molecule has 1 aliphatic carbocycles. The molecule has 0 aliphatic heterocycles. The zero-order valence-electron chi connectivity index (χ0n) is 8.96. The van der Waals surface area contributed by atoms with E-state index in [0.717, 1.165) is 25.7 Å². The Labute approximate surface area is 86.0 Å². The van der Waals surface area contributed by atoms with Crippen LogP contribution in [0.2, 0.25) is 0 Å². The molecule has 0 aromatic heterocycles. The van der Waals surface area contributed by atoms with E-state index in [4.69, 9.17) is 0 Å². The lowest BCUT2D eigenvalue weighted by Gasteiger charge is -2.36. The minimum atomic E-state index is -0.629. The van der Waals surface area contributed by atoms with E-state index in [-0.39, 0.29) is 0 Å². The van der Waals surface area contributed by atoms with Crippen molar-refractivity contribution in [3.63, 3.8) is 0 Å². The summed E-state index contributed by atoms with van der Waals surface area (Å²) >= 11 is 0. The molecule has 0 aromatic carbocycles. The summed E-state index contributed by atoms with van der Waals surface area (Å²) in [6.07, 6.45) is 7.40. The number of carboxylic acids is 1. The van der Waals surface area contributed by atoms with E-state index in [1.165, 1.54) is 6.42 Å². The van der Waals surface area contributed by atoms with Crippen LogP contribution in [0.4, 0.5) is 0 Å². The van der Waals surface area contributed by atoms with Crippen LogP contribution in [0.25, 0.3) is 0 Å². The number of rotatable bonds is 4. The molecule has 1 saturated carbocycles. The van der Waals surface area contributed by atoms with Gasteiger partial charge in [-0.15, -0.1) is 6.58 Å². The molecule has 14 heavy (non-hydrogen) atoms. The molecule has 0 spiro atoms. The summed E-state index contributed by atoms with van der Waals surface area (Å²) < 4.78 is 0. The Hall–Kier alpha value is -0.790. The molecule has 1 aliphatic rings. The molecule has 2 unspecified atom stereocenters. The van der Waals surface area contributed by atoms with E-state index in [2.05, 4.69) is 13.5 Å². The van der Waals surface area contributed by atoms with Crippen molar-refractivity contribution in [2.75, 3.05) is 0 Å². The maximum atomic E-state index is 11.3. The highest BCUT2D eigenvalue weighted by molar-refractivity contribution is 5.75. The fourth-order valence-corrected chi connectivity index (χ4v) is 2.58. The molecule has 0 bridgehead atoms. The summed E-state index contributed by atoms with van der Waals surface area (Å²) in [7, 11) is 0. The lowest BCUT2D eigenvalue weighted by molar-refractivity contribution is -0.152. The predicted molar refractivity (Wildman–Crippen MR) is 57.1 cm³/mol. The van der Waals surface area contributed by atoms with E-state index < -0.39 is 11.4 Å². The Balaban J connectivity index is 2.75. The molecule has 1 rings (SSSR count). The van der Waals surface area contributed by atoms with Crippen molar-refractivity contribution in [2.45, 2.75) is 45.4 Å². The van der Waals surface area contributed by atoms with Gasteiger partial charge in [-0.25, -0.2) is 0 Å². The van der Waals surface area contributed by atoms with Crippen LogP contribution < -0.4 is 0 Å². The maximum absolute atomic E-state index is 11.3. The van der Waals surface area contributed by atoms with Gasteiger partial charge in [0.2, 0.25) is 0 Å². The Morgan fingerprint density at radius 3 is 2.93 bits per heavy atom. The number of carboxylic acid groups (broad SMARTS) is 1. The molecule has 0 radical (unpaired) electrons. The standard InChI is InChI=1S/C12H20O2/c1-3-7-12(11(13)14)8-5-6-10(4-2)9-12/h3,10H,1,4-9H2,2H3,(H,13,14). The highest BCUT2D eigenvalue weighted by atomic mass is 16.4. The lowest BCUT2D eigenvalue weighted by atomic mass is 9.67. The molecule has 2 atom stereocenters. The van der Waals surface area contributed by atoms with Gasteiger partial charge in [0.05, 0.1) is 5.41 Å². The third-order valence-corrected chi connectivity index (χ3v) is 3.51. The van der Waals surface area contributed by atoms with E-state index in [1.807, 2.05) is 0 Å². The number of hydrogen-bond acceptors (Lipinski definition) is 1. The second-order valence-electron chi connectivity index (χ2n) is 4.45. The van der Waals surface area contributed by atoms with Crippen molar-refractivity contribution in [2.24, 2.45) is 11.3 Å². The summed E-state index contributed by atoms with van der Waals surface area (Å²) in [6.45, 7) is 5.82. The second-order valence-corrected chi connectivity index (χ2v) is 4.45. The van der Waals surface area contributed by atoms with Crippen molar-refractivity contribution in [3.8, 4) is 0 Å². The lowest BCUT2D eigenvalue weighted by Crippen LogP contribution is -2.35. The first kappa shape index (κ1) is 11.3. The van der Waals surface area contributed by atoms with E-state index in [1.54, 1.807) is 6.08 Å². The van der Waals surface area contributed by atoms with Crippen LogP contribution in [0.15, 0.2) is 12.7 Å². The highest BCUT2D eigenvalue weighted by Gasteiger charge is 2.41. The van der Waals surface area contributed by atoms with Gasteiger partial charge in [-0.05, 0) is 25.2 Å². The van der Waals surface area contributed by atoms with Gasteiger partial charge in [0.15, 0.2) is 0 Å². The third-order valence-electron chi connectivity index (χ3n) is 3.51. The highest BCUT2D eigenvalue weighted by Crippen LogP contribution is 2.43. The molecule has 0 saturated heterocycles. The second kappa shape index (κ2) is 4.63. The van der Waals surface area contributed by atoms with Crippen LogP contribution >= 0.6 is 0 Å². The van der Waals surface area contributed by atoms with Crippen molar-refractivity contribution in [3.05, 3.63) is 12.7 Å². The monoisotopic (exact) mass is 196 g/mol. The van der Waals surface area contributed by atoms with Gasteiger partial charge < -0.3 is 5.11 Å². The molecule has 2 nitrogen and oxygen atoms in total. The van der Waals surface area contributed by atoms with Crippen molar-refractivity contribution < 1.29 is 9.90 Å². The number of hydrogen-bond donors (Lipinski definition) is 1. The third kappa shape index (κ3) is 2.17. The van der Waals surface area contributed by atoms with Gasteiger partial charge in [-0.3, -0.25) is 4.79 Å². The fourth-order valence-electron chi connectivity index (χ4n) is 2.58. The van der Waals surface area contributed by atoms with Crippen LogP contribution in [0.5, 0.6) is 0 Å². The quantitative estimate of drug-likeness (QED) is 0.701. The first-order valence-electron chi connectivity index (χ1n) is 5.49. The van der Waals surface area contributed by atoms with Crippen LogP contribution in [-0.4, -0.2) is 11.1 Å².